The van der Waals surface area contributed by atoms with Crippen LogP contribution in [-0.4, -0.2) is 103 Å². The van der Waals surface area contributed by atoms with Crippen molar-refractivity contribution in [3.8, 4) is 0 Å². The van der Waals surface area contributed by atoms with Crippen LogP contribution in [0.4, 0.5) is 0 Å². The maximum absolute atomic E-state index is 14.0. The minimum Gasteiger partial charge on any atom is -0.354 e. The van der Waals surface area contributed by atoms with Crippen molar-refractivity contribution in [1.29, 1.82) is 0 Å². The molecule has 12 rings (SSSR count). The Balaban J connectivity index is 0.647. The molecule has 3 aliphatic rings. The molecule has 17 nitrogen and oxygen atoms in total. The van der Waals surface area contributed by atoms with Crippen LogP contribution < -0.4 is 10.9 Å². The highest BCUT2D eigenvalue weighted by Gasteiger charge is 2.40. The third-order valence-electron chi connectivity index (χ3n) is 14.6. The molecular formula is C56H48N10O7. The summed E-state index contributed by atoms with van der Waals surface area (Å²) in [5, 5.41) is 3.60. The molecule has 0 spiro atoms. The Labute approximate surface area is 416 Å². The second-order valence-electron chi connectivity index (χ2n) is 19.0. The van der Waals surface area contributed by atoms with Gasteiger partial charge in [-0.05, 0) is 91.4 Å². The lowest BCUT2D eigenvalue weighted by Crippen LogP contribution is -2.44. The van der Waals surface area contributed by atoms with Gasteiger partial charge >= 0.3 is 0 Å². The summed E-state index contributed by atoms with van der Waals surface area (Å²) >= 11 is 0. The molecule has 0 aliphatic carbocycles. The van der Waals surface area contributed by atoms with Gasteiger partial charge in [-0.2, -0.15) is 0 Å². The van der Waals surface area contributed by atoms with Gasteiger partial charge in [0.1, 0.15) is 0 Å². The number of aromatic nitrogens is 7. The SMILES string of the molecule is C=c1c2ccc3c4c(ccc(c(=O)n1CCCn1ccnc1)c42)C(=O)N(CCCn1ccc(Cc2ccn(CCCN4C(=O)c5ccc6c7c(ccc(c57)C4=O)C(=O)N(CCCn4ccnc4)C6=O)c2)c1)C3=O. The molecule has 8 heterocycles. The summed E-state index contributed by atoms with van der Waals surface area (Å²) < 4.78 is 9.61. The fourth-order valence-corrected chi connectivity index (χ4v) is 11.1. The number of amides is 6. The minimum atomic E-state index is -0.451. The Bertz CT molecular complexity index is 3730. The first-order valence-electron chi connectivity index (χ1n) is 24.5. The Kier molecular flexibility index (Phi) is 11.1. The van der Waals surface area contributed by atoms with Gasteiger partial charge in [-0.3, -0.25) is 48.3 Å². The molecule has 9 aromatic rings. The first-order valence-corrected chi connectivity index (χ1v) is 24.5. The number of hydrogen-bond donors (Lipinski definition) is 0. The normalized spacial score (nSPS) is 14.4. The first kappa shape index (κ1) is 45.2. The molecule has 0 unspecified atom stereocenters. The van der Waals surface area contributed by atoms with Crippen molar-refractivity contribution in [1.82, 2.24) is 47.5 Å². The number of nitrogens with zero attached hydrogens (tertiary/aromatic N) is 10. The van der Waals surface area contributed by atoms with Gasteiger partial charge in [0.2, 0.25) is 0 Å². The van der Waals surface area contributed by atoms with Gasteiger partial charge in [0, 0.05) is 179 Å². The zero-order valence-corrected chi connectivity index (χ0v) is 39.8. The van der Waals surface area contributed by atoms with Crippen LogP contribution >= 0.6 is 0 Å². The topological polar surface area (TPSA) is 180 Å². The van der Waals surface area contributed by atoms with Crippen molar-refractivity contribution in [2.24, 2.45) is 0 Å². The summed E-state index contributed by atoms with van der Waals surface area (Å²) in [6.45, 7) is 7.79. The predicted molar refractivity (Wildman–Crippen MR) is 271 cm³/mol. The number of hydrogen-bond acceptors (Lipinski definition) is 9. The van der Waals surface area contributed by atoms with E-state index in [9.17, 15) is 33.6 Å². The number of aryl methyl sites for hydroxylation is 4. The summed E-state index contributed by atoms with van der Waals surface area (Å²) in [6, 6.07) is 17.4. The summed E-state index contributed by atoms with van der Waals surface area (Å²) in [6.07, 6.45) is 21.6. The van der Waals surface area contributed by atoms with Crippen LogP contribution in [0, 0.1) is 0 Å². The average Bonchev–Trinajstić information content (AvgIpc) is 4.27. The Morgan fingerprint density at radius 3 is 1.16 bits per heavy atom. The number of carbonyl (C=O) groups excluding carboxylic acids is 6. The van der Waals surface area contributed by atoms with Crippen LogP contribution in [0.15, 0.2) is 128 Å². The van der Waals surface area contributed by atoms with Crippen LogP contribution in [0.25, 0.3) is 38.9 Å². The Hall–Kier alpha value is -8.99. The summed E-state index contributed by atoms with van der Waals surface area (Å²) in [5.41, 5.74) is 4.00. The van der Waals surface area contributed by atoms with Gasteiger partial charge in [0.05, 0.1) is 12.7 Å². The molecule has 4 aromatic carbocycles. The molecule has 0 saturated heterocycles. The van der Waals surface area contributed by atoms with Crippen molar-refractivity contribution in [3.63, 3.8) is 0 Å². The van der Waals surface area contributed by atoms with E-state index in [-0.39, 0.29) is 37.0 Å². The minimum absolute atomic E-state index is 0.185. The molecule has 0 atom stereocenters. The molecule has 3 aliphatic heterocycles. The van der Waals surface area contributed by atoms with E-state index in [0.29, 0.717) is 130 Å². The molecule has 364 valence electrons. The molecule has 0 N–H and O–H groups in total. The number of rotatable bonds is 18. The van der Waals surface area contributed by atoms with Crippen molar-refractivity contribution >= 4 is 74.3 Å². The number of pyridine rings is 1. The van der Waals surface area contributed by atoms with E-state index in [4.69, 9.17) is 0 Å². The summed E-state index contributed by atoms with van der Waals surface area (Å²) in [4.78, 5) is 109. The fourth-order valence-electron chi connectivity index (χ4n) is 11.1. The van der Waals surface area contributed by atoms with Gasteiger partial charge < -0.3 is 22.8 Å². The van der Waals surface area contributed by atoms with Crippen LogP contribution in [0.5, 0.6) is 0 Å². The standard InChI is InChI=1S/C56H48N10O7/c1-35-38-6-7-40-47-41(9-8-39(46(38)47)50(67)63(35)22-4-20-61-28-16-57-33-61)52(69)64(51(40)68)23-2-18-59-26-14-36(31-59)30-37-15-27-60(32-37)19-3-24-65-53(70)42-10-12-44-49-45(13-11-43(48(42)49)54(65)71)56(73)66(55(44)72)25-5-21-62-29-17-58-34-62/h6-17,26-29,31-34H,1-5,18-25,30H2. The van der Waals surface area contributed by atoms with Gasteiger partial charge in [-0.15, -0.1) is 0 Å². The van der Waals surface area contributed by atoms with E-state index >= 15 is 0 Å². The second kappa shape index (κ2) is 18.0. The lowest BCUT2D eigenvalue weighted by molar-refractivity contribution is 0.0585. The van der Waals surface area contributed by atoms with E-state index in [1.165, 1.54) is 14.7 Å². The average molecular weight is 973 g/mol. The molecule has 6 amide bonds. The largest absolute Gasteiger partial charge is 0.354 e. The third-order valence-corrected chi connectivity index (χ3v) is 14.6. The van der Waals surface area contributed by atoms with E-state index in [1.54, 1.807) is 72.1 Å². The van der Waals surface area contributed by atoms with Crippen LogP contribution in [0.2, 0.25) is 0 Å². The second-order valence-corrected chi connectivity index (χ2v) is 19.0. The molecule has 0 bridgehead atoms. The molecule has 17 heteroatoms. The maximum atomic E-state index is 14.0. The summed E-state index contributed by atoms with van der Waals surface area (Å²) in [5.74, 6) is -2.54. The van der Waals surface area contributed by atoms with E-state index in [2.05, 4.69) is 33.5 Å². The van der Waals surface area contributed by atoms with Crippen LogP contribution in [-0.2, 0) is 39.1 Å². The quantitative estimate of drug-likeness (QED) is 0.0909. The van der Waals surface area contributed by atoms with Crippen LogP contribution in [0.1, 0.15) is 99.0 Å². The Morgan fingerprint density at radius 2 is 0.753 bits per heavy atom. The highest BCUT2D eigenvalue weighted by molar-refractivity contribution is 6.33. The van der Waals surface area contributed by atoms with Gasteiger partial charge in [0.15, 0.2) is 0 Å². The van der Waals surface area contributed by atoms with Gasteiger partial charge in [-0.1, -0.05) is 12.6 Å². The fraction of sp³-hybridized carbons (Fsp3) is 0.232. The lowest BCUT2D eigenvalue weighted by atomic mass is 9.86. The molecule has 0 saturated carbocycles. The Morgan fingerprint density at radius 1 is 0.384 bits per heavy atom. The zero-order valence-electron chi connectivity index (χ0n) is 39.8. The van der Waals surface area contributed by atoms with Crippen molar-refractivity contribution in [2.75, 3.05) is 19.6 Å². The molecular weight excluding hydrogens is 925 g/mol. The monoisotopic (exact) mass is 972 g/mol. The maximum Gasteiger partial charge on any atom is 0.261 e. The first-order chi connectivity index (χ1) is 35.5. The van der Waals surface area contributed by atoms with Crippen molar-refractivity contribution in [3.05, 3.63) is 183 Å². The highest BCUT2D eigenvalue weighted by atomic mass is 16.2. The van der Waals surface area contributed by atoms with Crippen molar-refractivity contribution < 1.29 is 28.8 Å². The smallest absolute Gasteiger partial charge is 0.261 e. The molecule has 0 fully saturated rings. The van der Waals surface area contributed by atoms with Gasteiger partial charge in [0.25, 0.3) is 41.0 Å². The number of imide groups is 3. The molecule has 0 radical (unpaired) electrons. The summed E-state index contributed by atoms with van der Waals surface area (Å²) in [7, 11) is 0. The highest BCUT2D eigenvalue weighted by Crippen LogP contribution is 2.38. The van der Waals surface area contributed by atoms with Crippen molar-refractivity contribution in [2.45, 2.75) is 64.8 Å². The van der Waals surface area contributed by atoms with Crippen LogP contribution in [0.3, 0.4) is 0 Å². The molecule has 73 heavy (non-hydrogen) atoms. The number of carbonyl (C=O) groups is 6. The van der Waals surface area contributed by atoms with E-state index < -0.39 is 23.6 Å². The third kappa shape index (κ3) is 7.66. The predicted octanol–water partition coefficient (Wildman–Crippen LogP) is 6.17. The van der Waals surface area contributed by atoms with E-state index in [1.807, 2.05) is 56.7 Å². The molecule has 5 aromatic heterocycles. The lowest BCUT2D eigenvalue weighted by Gasteiger charge is -2.32. The van der Waals surface area contributed by atoms with Gasteiger partial charge in [-0.25, -0.2) is 9.97 Å². The van der Waals surface area contributed by atoms with E-state index in [0.717, 1.165) is 16.5 Å². The number of imidazole rings is 2. The number of benzene rings is 4. The zero-order chi connectivity index (χ0) is 50.1.